The van der Waals surface area contributed by atoms with Crippen molar-refractivity contribution in [2.24, 2.45) is 11.8 Å². The van der Waals surface area contributed by atoms with Crippen molar-refractivity contribution in [1.29, 1.82) is 0 Å². The highest BCUT2D eigenvalue weighted by Crippen LogP contribution is 2.24. The summed E-state index contributed by atoms with van der Waals surface area (Å²) in [6.07, 6.45) is -3.21. The van der Waals surface area contributed by atoms with E-state index in [9.17, 15) is 13.6 Å². The van der Waals surface area contributed by atoms with Crippen molar-refractivity contribution in [3.8, 4) is 0 Å². The van der Waals surface area contributed by atoms with E-state index in [1.807, 2.05) is 44.2 Å². The number of ketones is 1. The smallest absolute Gasteiger partial charge is 0.298 e. The molecule has 0 aliphatic heterocycles. The molecule has 0 aliphatic carbocycles. The van der Waals surface area contributed by atoms with Gasteiger partial charge in [-0.25, -0.2) is 8.78 Å². The topological polar surface area (TPSA) is 26.3 Å². The number of Topliss-reactive ketones (excluding diaryl/α,β-unsaturated/α-hetero) is 1. The SMILES string of the molecule is CC[C@@H](C)[C@@H](C)[C@@H](OCc1ccccc1)C(=O)C(F)F. The fourth-order valence-corrected chi connectivity index (χ4v) is 2.05. The summed E-state index contributed by atoms with van der Waals surface area (Å²) in [7, 11) is 0. The number of carbonyl (C=O) groups excluding carboxylic acids is 1. The molecular formula is C16H22F2O2. The molecule has 4 heteroatoms. The van der Waals surface area contributed by atoms with Crippen LogP contribution in [0.5, 0.6) is 0 Å². The van der Waals surface area contributed by atoms with Crippen LogP contribution in [0.3, 0.4) is 0 Å². The third-order valence-electron chi connectivity index (χ3n) is 3.79. The van der Waals surface area contributed by atoms with Gasteiger partial charge in [0.2, 0.25) is 5.78 Å². The Kier molecular flexibility index (Phi) is 6.79. The van der Waals surface area contributed by atoms with Crippen molar-refractivity contribution in [1.82, 2.24) is 0 Å². The molecule has 1 aromatic carbocycles. The Labute approximate surface area is 119 Å². The van der Waals surface area contributed by atoms with E-state index in [2.05, 4.69) is 0 Å². The van der Waals surface area contributed by atoms with Crippen LogP contribution in [0, 0.1) is 11.8 Å². The van der Waals surface area contributed by atoms with Crippen LogP contribution in [-0.4, -0.2) is 18.3 Å². The van der Waals surface area contributed by atoms with Gasteiger partial charge < -0.3 is 4.74 Å². The number of alkyl halides is 2. The lowest BCUT2D eigenvalue weighted by Crippen LogP contribution is -2.38. The second kappa shape index (κ2) is 8.10. The number of halogens is 2. The predicted octanol–water partition coefficient (Wildman–Crippen LogP) is 4.09. The fraction of sp³-hybridized carbons (Fsp3) is 0.562. The minimum Gasteiger partial charge on any atom is -0.365 e. The molecule has 112 valence electrons. The van der Waals surface area contributed by atoms with Crippen LogP contribution in [0.1, 0.15) is 32.8 Å². The van der Waals surface area contributed by atoms with Crippen LogP contribution in [-0.2, 0) is 16.1 Å². The molecule has 20 heavy (non-hydrogen) atoms. The van der Waals surface area contributed by atoms with E-state index in [1.165, 1.54) is 0 Å². The average Bonchev–Trinajstić information content (AvgIpc) is 2.47. The van der Waals surface area contributed by atoms with Gasteiger partial charge in [0.05, 0.1) is 6.61 Å². The Bertz CT molecular complexity index is 406. The molecule has 2 nitrogen and oxygen atoms in total. The largest absolute Gasteiger partial charge is 0.365 e. The molecule has 0 aromatic heterocycles. The maximum atomic E-state index is 12.7. The summed E-state index contributed by atoms with van der Waals surface area (Å²) in [5.41, 5.74) is 0.871. The number of hydrogen-bond donors (Lipinski definition) is 0. The van der Waals surface area contributed by atoms with Crippen molar-refractivity contribution < 1.29 is 18.3 Å². The number of carbonyl (C=O) groups is 1. The highest BCUT2D eigenvalue weighted by Gasteiger charge is 2.34. The fourth-order valence-electron chi connectivity index (χ4n) is 2.05. The standard InChI is InChI=1S/C16H22F2O2/c1-4-11(2)12(3)15(14(19)16(17)18)20-10-13-8-6-5-7-9-13/h5-9,11-12,15-16H,4,10H2,1-3H3/t11-,12-,15-/m1/s1. The zero-order valence-electron chi connectivity index (χ0n) is 12.2. The molecule has 0 heterocycles. The number of hydrogen-bond acceptors (Lipinski definition) is 2. The Hall–Kier alpha value is -1.29. The summed E-state index contributed by atoms with van der Waals surface area (Å²) in [5.74, 6) is -1.20. The van der Waals surface area contributed by atoms with Crippen molar-refractivity contribution >= 4 is 5.78 Å². The summed E-state index contributed by atoms with van der Waals surface area (Å²) >= 11 is 0. The molecule has 3 atom stereocenters. The van der Waals surface area contributed by atoms with Crippen LogP contribution in [0.15, 0.2) is 30.3 Å². The van der Waals surface area contributed by atoms with Crippen molar-refractivity contribution in [2.45, 2.75) is 46.3 Å². The van der Waals surface area contributed by atoms with Gasteiger partial charge in [0.1, 0.15) is 6.10 Å². The first kappa shape index (κ1) is 16.8. The first-order chi connectivity index (χ1) is 9.47. The maximum Gasteiger partial charge on any atom is 0.298 e. The second-order valence-corrected chi connectivity index (χ2v) is 5.16. The van der Waals surface area contributed by atoms with E-state index < -0.39 is 18.3 Å². The molecule has 0 spiro atoms. The van der Waals surface area contributed by atoms with Gasteiger partial charge in [0.15, 0.2) is 0 Å². The summed E-state index contributed by atoms with van der Waals surface area (Å²) < 4.78 is 30.9. The Balaban J connectivity index is 2.75. The van der Waals surface area contributed by atoms with E-state index in [1.54, 1.807) is 6.92 Å². The molecule has 0 unspecified atom stereocenters. The summed E-state index contributed by atoms with van der Waals surface area (Å²) in [6, 6.07) is 9.25. The molecule has 1 rings (SSSR count). The number of benzene rings is 1. The highest BCUT2D eigenvalue weighted by atomic mass is 19.3. The lowest BCUT2D eigenvalue weighted by molar-refractivity contribution is -0.147. The minimum atomic E-state index is -2.98. The van der Waals surface area contributed by atoms with Crippen LogP contribution < -0.4 is 0 Å². The van der Waals surface area contributed by atoms with E-state index in [0.717, 1.165) is 12.0 Å². The van der Waals surface area contributed by atoms with Gasteiger partial charge >= 0.3 is 0 Å². The van der Waals surface area contributed by atoms with Crippen LogP contribution in [0.4, 0.5) is 8.78 Å². The van der Waals surface area contributed by atoms with Crippen molar-refractivity contribution in [3.63, 3.8) is 0 Å². The Morgan fingerprint density at radius 3 is 2.30 bits per heavy atom. The van der Waals surface area contributed by atoms with Gasteiger partial charge in [-0.3, -0.25) is 4.79 Å². The molecule has 0 radical (unpaired) electrons. The molecule has 0 bridgehead atoms. The average molecular weight is 284 g/mol. The van der Waals surface area contributed by atoms with Gasteiger partial charge in [0, 0.05) is 0 Å². The van der Waals surface area contributed by atoms with Gasteiger partial charge in [-0.2, -0.15) is 0 Å². The van der Waals surface area contributed by atoms with Gasteiger partial charge in [0.25, 0.3) is 6.43 Å². The zero-order chi connectivity index (χ0) is 15.1. The quantitative estimate of drug-likeness (QED) is 0.718. The number of rotatable bonds is 8. The van der Waals surface area contributed by atoms with Gasteiger partial charge in [-0.05, 0) is 17.4 Å². The molecule has 0 aliphatic rings. The van der Waals surface area contributed by atoms with E-state index in [0.29, 0.717) is 0 Å². The van der Waals surface area contributed by atoms with Crippen molar-refractivity contribution in [2.75, 3.05) is 0 Å². The molecule has 1 aromatic rings. The van der Waals surface area contributed by atoms with Crippen molar-refractivity contribution in [3.05, 3.63) is 35.9 Å². The van der Waals surface area contributed by atoms with Crippen LogP contribution >= 0.6 is 0 Å². The molecule has 0 saturated carbocycles. The van der Waals surface area contributed by atoms with E-state index in [4.69, 9.17) is 4.74 Å². The lowest BCUT2D eigenvalue weighted by atomic mass is 9.87. The first-order valence-corrected chi connectivity index (χ1v) is 6.94. The van der Waals surface area contributed by atoms with Gasteiger partial charge in [-0.1, -0.05) is 57.5 Å². The van der Waals surface area contributed by atoms with E-state index >= 15 is 0 Å². The second-order valence-electron chi connectivity index (χ2n) is 5.16. The third kappa shape index (κ3) is 4.67. The lowest BCUT2D eigenvalue weighted by Gasteiger charge is -2.27. The molecule has 0 fully saturated rings. The maximum absolute atomic E-state index is 12.7. The summed E-state index contributed by atoms with van der Waals surface area (Å²) in [5, 5.41) is 0. The highest BCUT2D eigenvalue weighted by molar-refractivity contribution is 5.86. The summed E-state index contributed by atoms with van der Waals surface area (Å²) in [6.45, 7) is 5.89. The predicted molar refractivity (Wildman–Crippen MR) is 74.6 cm³/mol. The number of ether oxygens (including phenoxy) is 1. The van der Waals surface area contributed by atoms with Crippen LogP contribution in [0.2, 0.25) is 0 Å². The molecule has 0 N–H and O–H groups in total. The van der Waals surface area contributed by atoms with Crippen LogP contribution in [0.25, 0.3) is 0 Å². The molecular weight excluding hydrogens is 262 g/mol. The monoisotopic (exact) mass is 284 g/mol. The Morgan fingerprint density at radius 1 is 1.20 bits per heavy atom. The minimum absolute atomic E-state index is 0.151. The first-order valence-electron chi connectivity index (χ1n) is 6.94. The van der Waals surface area contributed by atoms with Gasteiger partial charge in [-0.15, -0.1) is 0 Å². The van der Waals surface area contributed by atoms with E-state index in [-0.39, 0.29) is 18.4 Å². The Morgan fingerprint density at radius 2 is 1.80 bits per heavy atom. The molecule has 0 amide bonds. The zero-order valence-corrected chi connectivity index (χ0v) is 12.2. The normalized spacial score (nSPS) is 15.9. The summed E-state index contributed by atoms with van der Waals surface area (Å²) in [4.78, 5) is 11.7. The molecule has 0 saturated heterocycles. The third-order valence-corrected chi connectivity index (χ3v) is 3.79.